The minimum atomic E-state index is -0.446. The van der Waals surface area contributed by atoms with Gasteiger partial charge < -0.3 is 14.8 Å². The van der Waals surface area contributed by atoms with Gasteiger partial charge in [-0.15, -0.1) is 11.3 Å². The lowest BCUT2D eigenvalue weighted by atomic mass is 10.1. The van der Waals surface area contributed by atoms with Crippen LogP contribution in [0.3, 0.4) is 0 Å². The van der Waals surface area contributed by atoms with E-state index in [1.807, 2.05) is 29.6 Å². The van der Waals surface area contributed by atoms with Crippen molar-refractivity contribution in [3.63, 3.8) is 0 Å². The zero-order valence-electron chi connectivity index (χ0n) is 15.7. The molecular formula is C21H19Cl2NO4S. The number of benzene rings is 2. The molecule has 0 radical (unpaired) electrons. The van der Waals surface area contributed by atoms with Gasteiger partial charge in [-0.05, 0) is 53.6 Å². The highest BCUT2D eigenvalue weighted by Crippen LogP contribution is 2.31. The van der Waals surface area contributed by atoms with Gasteiger partial charge in [-0.25, -0.2) is 0 Å². The molecule has 2 aromatic carbocycles. The third kappa shape index (κ3) is 5.85. The zero-order chi connectivity index (χ0) is 20.8. The van der Waals surface area contributed by atoms with Crippen LogP contribution in [0.5, 0.6) is 5.75 Å². The van der Waals surface area contributed by atoms with Gasteiger partial charge in [-0.3, -0.25) is 9.59 Å². The number of ether oxygens (including phenoxy) is 2. The van der Waals surface area contributed by atoms with Gasteiger partial charge >= 0.3 is 5.97 Å². The van der Waals surface area contributed by atoms with E-state index in [9.17, 15) is 9.59 Å². The molecule has 0 saturated carbocycles. The Kier molecular flexibility index (Phi) is 7.36. The van der Waals surface area contributed by atoms with E-state index in [4.69, 9.17) is 32.7 Å². The van der Waals surface area contributed by atoms with E-state index in [1.165, 1.54) is 11.3 Å². The summed E-state index contributed by atoms with van der Waals surface area (Å²) in [6.45, 7) is 2.22. The molecule has 0 aliphatic rings. The maximum atomic E-state index is 12.1. The van der Waals surface area contributed by atoms with Gasteiger partial charge in [0.05, 0.1) is 13.0 Å². The van der Waals surface area contributed by atoms with Gasteiger partial charge in [-0.2, -0.15) is 0 Å². The molecule has 8 heteroatoms. The highest BCUT2D eigenvalue weighted by atomic mass is 35.5. The van der Waals surface area contributed by atoms with Crippen LogP contribution in [0.15, 0.2) is 41.8 Å². The molecule has 1 aromatic heterocycles. The van der Waals surface area contributed by atoms with Crippen LogP contribution in [-0.2, 0) is 27.4 Å². The Morgan fingerprint density at radius 1 is 1.10 bits per heavy atom. The van der Waals surface area contributed by atoms with E-state index in [-0.39, 0.29) is 18.9 Å². The number of hydrogen-bond donors (Lipinski definition) is 1. The van der Waals surface area contributed by atoms with Gasteiger partial charge in [0.25, 0.3) is 0 Å². The fourth-order valence-corrected chi connectivity index (χ4v) is 4.16. The number of nitrogens with one attached hydrogen (secondary N) is 1. The van der Waals surface area contributed by atoms with Crippen molar-refractivity contribution in [2.75, 3.05) is 13.2 Å². The molecule has 0 fully saturated rings. The SMILES string of the molecule is CCOC(=O)CNC(=O)Cc1csc2cc(OCc3ccc(Cl)cc3Cl)ccc12. The molecule has 1 amide bonds. The Morgan fingerprint density at radius 2 is 1.93 bits per heavy atom. The molecular weight excluding hydrogens is 433 g/mol. The quantitative estimate of drug-likeness (QED) is 0.488. The minimum Gasteiger partial charge on any atom is -0.489 e. The summed E-state index contributed by atoms with van der Waals surface area (Å²) in [5.74, 6) is 0.0396. The van der Waals surface area contributed by atoms with Crippen molar-refractivity contribution >= 4 is 56.5 Å². The van der Waals surface area contributed by atoms with Crippen molar-refractivity contribution < 1.29 is 19.1 Å². The highest BCUT2D eigenvalue weighted by Gasteiger charge is 2.12. The lowest BCUT2D eigenvalue weighted by Gasteiger charge is -2.08. The van der Waals surface area contributed by atoms with Crippen LogP contribution >= 0.6 is 34.5 Å². The number of amides is 1. The molecule has 152 valence electrons. The Bertz CT molecular complexity index is 1030. The standard InChI is InChI=1S/C21H19Cl2NO4S/c1-2-27-21(26)10-24-20(25)7-14-12-29-19-9-16(5-6-17(14)19)28-11-13-3-4-15(22)8-18(13)23/h3-6,8-9,12H,2,7,10-11H2,1H3,(H,24,25). The smallest absolute Gasteiger partial charge is 0.325 e. The van der Waals surface area contributed by atoms with Crippen LogP contribution in [0.25, 0.3) is 10.1 Å². The van der Waals surface area contributed by atoms with Crippen molar-refractivity contribution in [3.8, 4) is 5.75 Å². The van der Waals surface area contributed by atoms with Gasteiger partial charge in [0, 0.05) is 20.3 Å². The van der Waals surface area contributed by atoms with Crippen molar-refractivity contribution in [1.82, 2.24) is 5.32 Å². The largest absolute Gasteiger partial charge is 0.489 e. The zero-order valence-corrected chi connectivity index (χ0v) is 18.0. The predicted molar refractivity (Wildman–Crippen MR) is 116 cm³/mol. The third-order valence-corrected chi connectivity index (χ3v) is 5.70. The lowest BCUT2D eigenvalue weighted by molar-refractivity contribution is -0.143. The number of hydrogen-bond acceptors (Lipinski definition) is 5. The second kappa shape index (κ2) is 9.96. The first kappa shape index (κ1) is 21.4. The van der Waals surface area contributed by atoms with E-state index in [0.29, 0.717) is 29.0 Å². The molecule has 3 rings (SSSR count). The van der Waals surface area contributed by atoms with Gasteiger partial charge in [-0.1, -0.05) is 29.3 Å². The number of carbonyl (C=O) groups is 2. The molecule has 0 aliphatic carbocycles. The first-order valence-corrected chi connectivity index (χ1v) is 10.6. The first-order valence-electron chi connectivity index (χ1n) is 8.95. The van der Waals surface area contributed by atoms with Crippen molar-refractivity contribution in [2.45, 2.75) is 20.0 Å². The topological polar surface area (TPSA) is 64.6 Å². The van der Waals surface area contributed by atoms with Crippen molar-refractivity contribution in [1.29, 1.82) is 0 Å². The number of rotatable bonds is 8. The van der Waals surface area contributed by atoms with Crippen LogP contribution in [0.1, 0.15) is 18.1 Å². The molecule has 0 unspecified atom stereocenters. The van der Waals surface area contributed by atoms with Crippen LogP contribution in [0.2, 0.25) is 10.0 Å². The maximum Gasteiger partial charge on any atom is 0.325 e. The fourth-order valence-electron chi connectivity index (χ4n) is 2.71. The molecule has 5 nitrogen and oxygen atoms in total. The number of fused-ring (bicyclic) bond motifs is 1. The van der Waals surface area contributed by atoms with Crippen molar-refractivity contribution in [3.05, 3.63) is 63.0 Å². The number of esters is 1. The van der Waals surface area contributed by atoms with E-state index >= 15 is 0 Å². The molecule has 1 N–H and O–H groups in total. The molecule has 29 heavy (non-hydrogen) atoms. The van der Waals surface area contributed by atoms with E-state index in [0.717, 1.165) is 21.2 Å². The molecule has 0 saturated heterocycles. The Balaban J connectivity index is 1.62. The Morgan fingerprint density at radius 3 is 2.69 bits per heavy atom. The summed E-state index contributed by atoms with van der Waals surface area (Å²) in [5.41, 5.74) is 1.75. The summed E-state index contributed by atoms with van der Waals surface area (Å²) in [6, 6.07) is 11.0. The summed E-state index contributed by atoms with van der Waals surface area (Å²) < 4.78 is 11.7. The third-order valence-electron chi connectivity index (χ3n) is 4.12. The predicted octanol–water partition coefficient (Wildman–Crippen LogP) is 5.01. The minimum absolute atomic E-state index is 0.125. The molecule has 0 bridgehead atoms. The summed E-state index contributed by atoms with van der Waals surface area (Å²) in [4.78, 5) is 23.4. The highest BCUT2D eigenvalue weighted by molar-refractivity contribution is 7.17. The van der Waals surface area contributed by atoms with Gasteiger partial charge in [0.2, 0.25) is 5.91 Å². The molecule has 3 aromatic rings. The number of thiophene rings is 1. The van der Waals surface area contributed by atoms with Gasteiger partial charge in [0.1, 0.15) is 18.9 Å². The molecule has 0 spiro atoms. The fraction of sp³-hybridized carbons (Fsp3) is 0.238. The summed E-state index contributed by atoms with van der Waals surface area (Å²) in [5, 5.41) is 6.64. The van der Waals surface area contributed by atoms with Crippen LogP contribution in [-0.4, -0.2) is 25.0 Å². The van der Waals surface area contributed by atoms with Crippen LogP contribution < -0.4 is 10.1 Å². The monoisotopic (exact) mass is 451 g/mol. The van der Waals surface area contributed by atoms with Crippen LogP contribution in [0.4, 0.5) is 0 Å². The molecule has 1 heterocycles. The lowest BCUT2D eigenvalue weighted by Crippen LogP contribution is -2.31. The second-order valence-corrected chi connectivity index (χ2v) is 7.96. The summed E-state index contributed by atoms with van der Waals surface area (Å²) in [7, 11) is 0. The van der Waals surface area contributed by atoms with E-state index in [1.54, 1.807) is 19.1 Å². The average Bonchev–Trinajstić information content (AvgIpc) is 3.08. The van der Waals surface area contributed by atoms with Gasteiger partial charge in [0.15, 0.2) is 0 Å². The first-order chi connectivity index (χ1) is 14.0. The summed E-state index contributed by atoms with van der Waals surface area (Å²) in [6.07, 6.45) is 0.194. The van der Waals surface area contributed by atoms with E-state index < -0.39 is 5.97 Å². The van der Waals surface area contributed by atoms with Crippen LogP contribution in [0, 0.1) is 0 Å². The summed E-state index contributed by atoms with van der Waals surface area (Å²) >= 11 is 13.6. The van der Waals surface area contributed by atoms with Crippen molar-refractivity contribution in [2.24, 2.45) is 0 Å². The maximum absolute atomic E-state index is 12.1. The average molecular weight is 452 g/mol. The number of carbonyl (C=O) groups excluding carboxylic acids is 2. The normalized spacial score (nSPS) is 10.7. The Labute approximate surface area is 182 Å². The molecule has 0 atom stereocenters. The van der Waals surface area contributed by atoms with E-state index in [2.05, 4.69) is 5.32 Å². The number of halogens is 2. The Hall–Kier alpha value is -2.28. The molecule has 0 aliphatic heterocycles. The second-order valence-electron chi connectivity index (χ2n) is 6.20.